The number of benzene rings is 2. The molecule has 1 aliphatic heterocycles. The van der Waals surface area contributed by atoms with Gasteiger partial charge >= 0.3 is 12.1 Å². The number of hydrogen-bond acceptors (Lipinski definition) is 4. The molecule has 9 heteroatoms. The number of hydrogen-bond donors (Lipinski definition) is 1. The fourth-order valence-corrected chi connectivity index (χ4v) is 3.65. The van der Waals surface area contributed by atoms with Gasteiger partial charge in [-0.1, -0.05) is 42.3 Å². The van der Waals surface area contributed by atoms with Crippen molar-refractivity contribution in [3.05, 3.63) is 47.5 Å². The minimum Gasteiger partial charge on any atom is -0.493 e. The van der Waals surface area contributed by atoms with E-state index in [1.165, 1.54) is 19.3 Å². The third-order valence-corrected chi connectivity index (χ3v) is 5.68. The van der Waals surface area contributed by atoms with Gasteiger partial charge in [0, 0.05) is 29.7 Å². The van der Waals surface area contributed by atoms with Gasteiger partial charge in [-0.25, -0.2) is 4.79 Å². The van der Waals surface area contributed by atoms with Gasteiger partial charge in [0.05, 0.1) is 7.11 Å². The number of methoxy groups -OCH3 is 1. The summed E-state index contributed by atoms with van der Waals surface area (Å²) in [6.07, 6.45) is -0.766. The second-order valence-corrected chi connectivity index (χ2v) is 7.83. The van der Waals surface area contributed by atoms with Crippen molar-refractivity contribution in [2.24, 2.45) is 0 Å². The lowest BCUT2D eigenvalue weighted by molar-refractivity contribution is -0.192. The molecule has 2 aliphatic rings. The first-order valence-corrected chi connectivity index (χ1v) is 10.2. The number of nitrogens with zero attached hydrogens (tertiary/aromatic N) is 1. The molecule has 2 fully saturated rings. The average Bonchev–Trinajstić information content (AvgIpc) is 2.65. The van der Waals surface area contributed by atoms with Crippen LogP contribution in [0.4, 0.5) is 13.2 Å². The molecule has 4 rings (SSSR count). The Morgan fingerprint density at radius 3 is 2.29 bits per heavy atom. The Labute approximate surface area is 183 Å². The Balaban J connectivity index is 0.000000339. The lowest BCUT2D eigenvalue weighted by Gasteiger charge is -2.47. The minimum absolute atomic E-state index is 0.251. The second kappa shape index (κ2) is 9.78. The van der Waals surface area contributed by atoms with Crippen LogP contribution in [0.15, 0.2) is 42.5 Å². The molecule has 1 saturated heterocycles. The number of rotatable bonds is 5. The standard InChI is InChI=1S/C20H22ClNO2.C2HF3O2/c1-23-19-10-9-14(17-7-2-3-8-18(17)21)11-20(19)24-16-12-22(13-16)15-5-4-6-15;3-2(4,5)1(6)7/h2-3,7-11,15-16H,4-6,12-13H2,1H3;(H,6,7). The lowest BCUT2D eigenvalue weighted by Crippen LogP contribution is -2.59. The summed E-state index contributed by atoms with van der Waals surface area (Å²) in [5.41, 5.74) is 2.06. The van der Waals surface area contributed by atoms with Gasteiger partial charge in [0.25, 0.3) is 0 Å². The van der Waals surface area contributed by atoms with E-state index in [0.29, 0.717) is 0 Å². The predicted molar refractivity (Wildman–Crippen MR) is 111 cm³/mol. The third-order valence-electron chi connectivity index (χ3n) is 5.35. The molecular weight excluding hydrogens is 435 g/mol. The lowest BCUT2D eigenvalue weighted by atomic mass is 9.89. The van der Waals surface area contributed by atoms with Crippen LogP contribution in [0.5, 0.6) is 11.5 Å². The number of halogens is 4. The average molecular weight is 458 g/mol. The summed E-state index contributed by atoms with van der Waals surface area (Å²) in [5.74, 6) is -1.19. The minimum atomic E-state index is -5.08. The van der Waals surface area contributed by atoms with Gasteiger partial charge in [-0.2, -0.15) is 13.2 Å². The Morgan fingerprint density at radius 2 is 1.77 bits per heavy atom. The Kier molecular flexibility index (Phi) is 7.33. The van der Waals surface area contributed by atoms with E-state index in [1.807, 2.05) is 42.5 Å². The van der Waals surface area contributed by atoms with E-state index in [4.69, 9.17) is 31.0 Å². The molecule has 0 radical (unpaired) electrons. The highest BCUT2D eigenvalue weighted by Crippen LogP contribution is 2.37. The summed E-state index contributed by atoms with van der Waals surface area (Å²) in [5, 5.41) is 7.87. The van der Waals surface area contributed by atoms with E-state index in [2.05, 4.69) is 4.90 Å². The maximum atomic E-state index is 10.6. The van der Waals surface area contributed by atoms with Crippen LogP contribution in [0.2, 0.25) is 5.02 Å². The third kappa shape index (κ3) is 5.83. The normalized spacial score (nSPS) is 17.1. The highest BCUT2D eigenvalue weighted by molar-refractivity contribution is 6.33. The van der Waals surface area contributed by atoms with E-state index < -0.39 is 12.1 Å². The van der Waals surface area contributed by atoms with Crippen molar-refractivity contribution in [2.45, 2.75) is 37.6 Å². The second-order valence-electron chi connectivity index (χ2n) is 7.43. The Hall–Kier alpha value is -2.45. The number of likely N-dealkylation sites (tertiary alicyclic amines) is 1. The van der Waals surface area contributed by atoms with E-state index in [9.17, 15) is 13.2 Å². The van der Waals surface area contributed by atoms with Crippen LogP contribution < -0.4 is 9.47 Å². The first kappa shape index (κ1) is 23.2. The molecule has 1 aliphatic carbocycles. The van der Waals surface area contributed by atoms with Crippen molar-refractivity contribution in [1.82, 2.24) is 4.90 Å². The van der Waals surface area contributed by atoms with Crippen molar-refractivity contribution < 1.29 is 32.5 Å². The van der Waals surface area contributed by atoms with Crippen molar-refractivity contribution in [3.63, 3.8) is 0 Å². The number of carboxylic acids is 1. The van der Waals surface area contributed by atoms with Crippen LogP contribution in [0.3, 0.4) is 0 Å². The maximum absolute atomic E-state index is 10.6. The predicted octanol–water partition coefficient (Wildman–Crippen LogP) is 5.26. The summed E-state index contributed by atoms with van der Waals surface area (Å²) >= 11 is 6.33. The van der Waals surface area contributed by atoms with Gasteiger partial charge in [0.15, 0.2) is 11.5 Å². The molecule has 1 heterocycles. The Morgan fingerprint density at radius 1 is 1.13 bits per heavy atom. The van der Waals surface area contributed by atoms with Crippen LogP contribution in [0, 0.1) is 0 Å². The molecule has 5 nitrogen and oxygen atoms in total. The van der Waals surface area contributed by atoms with Gasteiger partial charge < -0.3 is 14.6 Å². The molecule has 2 aromatic carbocycles. The van der Waals surface area contributed by atoms with Gasteiger partial charge in [-0.3, -0.25) is 4.90 Å². The molecule has 168 valence electrons. The highest BCUT2D eigenvalue weighted by Gasteiger charge is 2.38. The zero-order chi connectivity index (χ0) is 22.6. The summed E-state index contributed by atoms with van der Waals surface area (Å²) in [4.78, 5) is 11.4. The van der Waals surface area contributed by atoms with Gasteiger partial charge in [0.1, 0.15) is 6.10 Å². The van der Waals surface area contributed by atoms with Crippen molar-refractivity contribution >= 4 is 17.6 Å². The van der Waals surface area contributed by atoms with Crippen molar-refractivity contribution in [2.75, 3.05) is 20.2 Å². The largest absolute Gasteiger partial charge is 0.493 e. The van der Waals surface area contributed by atoms with E-state index in [0.717, 1.165) is 46.8 Å². The van der Waals surface area contributed by atoms with E-state index in [-0.39, 0.29) is 6.10 Å². The molecule has 31 heavy (non-hydrogen) atoms. The van der Waals surface area contributed by atoms with E-state index in [1.54, 1.807) is 7.11 Å². The topological polar surface area (TPSA) is 59.0 Å². The van der Waals surface area contributed by atoms with Crippen molar-refractivity contribution in [3.8, 4) is 22.6 Å². The summed E-state index contributed by atoms with van der Waals surface area (Å²) in [6.45, 7) is 2.04. The summed E-state index contributed by atoms with van der Waals surface area (Å²) in [6, 6.07) is 14.7. The highest BCUT2D eigenvalue weighted by atomic mass is 35.5. The zero-order valence-electron chi connectivity index (χ0n) is 16.9. The monoisotopic (exact) mass is 457 g/mol. The van der Waals surface area contributed by atoms with E-state index >= 15 is 0 Å². The van der Waals surface area contributed by atoms with Gasteiger partial charge in [-0.05, 0) is 36.6 Å². The van der Waals surface area contributed by atoms with Crippen LogP contribution in [-0.4, -0.2) is 54.5 Å². The zero-order valence-corrected chi connectivity index (χ0v) is 17.6. The first-order chi connectivity index (χ1) is 14.7. The molecule has 0 bridgehead atoms. The number of aliphatic carboxylic acids is 1. The summed E-state index contributed by atoms with van der Waals surface area (Å²) < 4.78 is 43.4. The molecule has 0 spiro atoms. The molecule has 2 aromatic rings. The number of alkyl halides is 3. The smallest absolute Gasteiger partial charge is 0.490 e. The SMILES string of the molecule is COc1ccc(-c2ccccc2Cl)cc1OC1CN(C2CCC2)C1.O=C(O)C(F)(F)F. The molecule has 1 saturated carbocycles. The molecule has 1 N–H and O–H groups in total. The quantitative estimate of drug-likeness (QED) is 0.663. The molecule has 0 unspecified atom stereocenters. The number of carboxylic acid groups (broad SMARTS) is 1. The van der Waals surface area contributed by atoms with Gasteiger partial charge in [-0.15, -0.1) is 0 Å². The van der Waals surface area contributed by atoms with Crippen LogP contribution in [0.1, 0.15) is 19.3 Å². The number of carbonyl (C=O) groups is 1. The van der Waals surface area contributed by atoms with Gasteiger partial charge in [0.2, 0.25) is 0 Å². The van der Waals surface area contributed by atoms with Crippen LogP contribution >= 0.6 is 11.6 Å². The van der Waals surface area contributed by atoms with Crippen LogP contribution in [0.25, 0.3) is 11.1 Å². The van der Waals surface area contributed by atoms with Crippen LogP contribution in [-0.2, 0) is 4.79 Å². The Bertz CT molecular complexity index is 912. The molecule has 0 aromatic heterocycles. The maximum Gasteiger partial charge on any atom is 0.490 e. The van der Waals surface area contributed by atoms with Crippen molar-refractivity contribution in [1.29, 1.82) is 0 Å². The summed E-state index contributed by atoms with van der Waals surface area (Å²) in [7, 11) is 1.68. The number of ether oxygens (including phenoxy) is 2. The fourth-order valence-electron chi connectivity index (χ4n) is 3.41. The molecule has 0 atom stereocenters. The molecule has 0 amide bonds. The fraction of sp³-hybridized carbons (Fsp3) is 0.409. The molecular formula is C22H23ClF3NO4. The first-order valence-electron chi connectivity index (χ1n) is 9.82.